The lowest BCUT2D eigenvalue weighted by Gasteiger charge is -2.15. The molecule has 136 valence electrons. The van der Waals surface area contributed by atoms with Crippen LogP contribution in [0.2, 0.25) is 0 Å². The molecule has 1 aliphatic rings. The van der Waals surface area contributed by atoms with Crippen LogP contribution in [0.3, 0.4) is 0 Å². The summed E-state index contributed by atoms with van der Waals surface area (Å²) < 4.78 is 14.3. The van der Waals surface area contributed by atoms with Crippen LogP contribution in [-0.4, -0.2) is 22.3 Å². The van der Waals surface area contributed by atoms with Gasteiger partial charge in [-0.1, -0.05) is 48.5 Å². The smallest absolute Gasteiger partial charge is 0.148 e. The number of nitrogens with zero attached hydrogens (tertiary/aromatic N) is 2. The van der Waals surface area contributed by atoms with E-state index in [2.05, 4.69) is 41.0 Å². The maximum atomic E-state index is 6.22. The van der Waals surface area contributed by atoms with Gasteiger partial charge in [-0.25, -0.2) is 4.98 Å². The SMILES string of the molecule is c1ccc2c(OCc3nc4ccccc4n3CC3CCCO3)cccc2c1. The van der Waals surface area contributed by atoms with Crippen LogP contribution in [-0.2, 0) is 17.9 Å². The third-order valence-electron chi connectivity index (χ3n) is 5.25. The van der Waals surface area contributed by atoms with Crippen molar-refractivity contribution in [2.75, 3.05) is 6.61 Å². The summed E-state index contributed by atoms with van der Waals surface area (Å²) in [5.74, 6) is 1.84. The van der Waals surface area contributed by atoms with Crippen molar-refractivity contribution in [2.24, 2.45) is 0 Å². The highest BCUT2D eigenvalue weighted by Gasteiger charge is 2.20. The first-order valence-electron chi connectivity index (χ1n) is 9.55. The number of benzene rings is 3. The Morgan fingerprint density at radius 2 is 1.85 bits per heavy atom. The monoisotopic (exact) mass is 358 g/mol. The number of hydrogen-bond donors (Lipinski definition) is 0. The molecule has 0 spiro atoms. The Morgan fingerprint density at radius 1 is 1.00 bits per heavy atom. The van der Waals surface area contributed by atoms with Crippen LogP contribution in [0.25, 0.3) is 21.8 Å². The van der Waals surface area contributed by atoms with Crippen molar-refractivity contribution in [1.82, 2.24) is 9.55 Å². The molecule has 0 amide bonds. The van der Waals surface area contributed by atoms with Gasteiger partial charge in [-0.2, -0.15) is 0 Å². The van der Waals surface area contributed by atoms with Gasteiger partial charge in [-0.15, -0.1) is 0 Å². The highest BCUT2D eigenvalue weighted by atomic mass is 16.5. The van der Waals surface area contributed by atoms with Crippen LogP contribution in [0.15, 0.2) is 66.7 Å². The third kappa shape index (κ3) is 3.17. The summed E-state index contributed by atoms with van der Waals surface area (Å²) in [5.41, 5.74) is 2.15. The molecule has 4 aromatic rings. The zero-order valence-electron chi connectivity index (χ0n) is 15.2. The van der Waals surface area contributed by atoms with E-state index in [-0.39, 0.29) is 6.10 Å². The first kappa shape index (κ1) is 16.3. The number of aromatic nitrogens is 2. The zero-order valence-corrected chi connectivity index (χ0v) is 15.2. The minimum atomic E-state index is 0.263. The number of para-hydroxylation sites is 2. The molecule has 0 N–H and O–H groups in total. The van der Waals surface area contributed by atoms with Gasteiger partial charge < -0.3 is 14.0 Å². The predicted molar refractivity (Wildman–Crippen MR) is 107 cm³/mol. The molecular weight excluding hydrogens is 336 g/mol. The van der Waals surface area contributed by atoms with E-state index < -0.39 is 0 Å². The van der Waals surface area contributed by atoms with Crippen LogP contribution in [0, 0.1) is 0 Å². The summed E-state index contributed by atoms with van der Waals surface area (Å²) >= 11 is 0. The summed E-state index contributed by atoms with van der Waals surface area (Å²) in [5, 5.41) is 2.31. The molecule has 4 nitrogen and oxygen atoms in total. The Hall–Kier alpha value is -2.85. The van der Waals surface area contributed by atoms with Crippen molar-refractivity contribution in [3.8, 4) is 5.75 Å². The number of fused-ring (bicyclic) bond motifs is 2. The lowest BCUT2D eigenvalue weighted by Crippen LogP contribution is -2.18. The van der Waals surface area contributed by atoms with Gasteiger partial charge in [-0.05, 0) is 36.4 Å². The normalized spacial score (nSPS) is 17.0. The van der Waals surface area contributed by atoms with E-state index in [9.17, 15) is 0 Å². The van der Waals surface area contributed by atoms with Crippen LogP contribution in [0.4, 0.5) is 0 Å². The molecule has 1 atom stereocenters. The van der Waals surface area contributed by atoms with Gasteiger partial charge in [0.2, 0.25) is 0 Å². The minimum absolute atomic E-state index is 0.263. The fourth-order valence-electron chi connectivity index (χ4n) is 3.90. The van der Waals surface area contributed by atoms with Crippen molar-refractivity contribution >= 4 is 21.8 Å². The topological polar surface area (TPSA) is 36.3 Å². The average Bonchev–Trinajstić information content (AvgIpc) is 3.35. The quantitative estimate of drug-likeness (QED) is 0.506. The van der Waals surface area contributed by atoms with Crippen LogP contribution in [0.1, 0.15) is 18.7 Å². The molecule has 0 bridgehead atoms. The van der Waals surface area contributed by atoms with Gasteiger partial charge in [0.25, 0.3) is 0 Å². The minimum Gasteiger partial charge on any atom is -0.485 e. The maximum Gasteiger partial charge on any atom is 0.148 e. The Bertz CT molecular complexity index is 1070. The molecule has 2 heterocycles. The summed E-state index contributed by atoms with van der Waals surface area (Å²) in [6, 6.07) is 22.7. The number of imidazole rings is 1. The van der Waals surface area contributed by atoms with E-state index in [0.717, 1.165) is 54.0 Å². The second-order valence-corrected chi connectivity index (χ2v) is 7.03. The van der Waals surface area contributed by atoms with Crippen LogP contribution < -0.4 is 4.74 Å². The summed E-state index contributed by atoms with van der Waals surface area (Å²) in [6.07, 6.45) is 2.51. The predicted octanol–water partition coefficient (Wildman–Crippen LogP) is 4.95. The molecule has 0 saturated carbocycles. The standard InChI is InChI=1S/C23H22N2O2/c1-2-10-19-17(7-1)8-5-13-22(19)27-16-23-24-20-11-3-4-12-21(20)25(23)15-18-9-6-14-26-18/h1-5,7-8,10-13,18H,6,9,14-16H2. The first-order valence-corrected chi connectivity index (χ1v) is 9.55. The largest absolute Gasteiger partial charge is 0.485 e. The summed E-state index contributed by atoms with van der Waals surface area (Å²) in [4.78, 5) is 4.83. The van der Waals surface area contributed by atoms with Gasteiger partial charge in [-0.3, -0.25) is 0 Å². The van der Waals surface area contributed by atoms with Crippen molar-refractivity contribution in [1.29, 1.82) is 0 Å². The molecule has 1 aliphatic heterocycles. The van der Waals surface area contributed by atoms with E-state index in [4.69, 9.17) is 14.5 Å². The maximum absolute atomic E-state index is 6.22. The number of hydrogen-bond acceptors (Lipinski definition) is 3. The second-order valence-electron chi connectivity index (χ2n) is 7.03. The van der Waals surface area contributed by atoms with Crippen molar-refractivity contribution in [2.45, 2.75) is 32.1 Å². The van der Waals surface area contributed by atoms with Crippen molar-refractivity contribution in [3.63, 3.8) is 0 Å². The number of rotatable bonds is 5. The molecule has 27 heavy (non-hydrogen) atoms. The molecule has 1 fully saturated rings. The molecule has 1 aromatic heterocycles. The van der Waals surface area contributed by atoms with Crippen LogP contribution in [0.5, 0.6) is 5.75 Å². The Morgan fingerprint density at radius 3 is 2.78 bits per heavy atom. The molecule has 1 saturated heterocycles. The number of ether oxygens (including phenoxy) is 2. The van der Waals surface area contributed by atoms with Crippen molar-refractivity contribution < 1.29 is 9.47 Å². The Labute approximate surface area is 158 Å². The Kier molecular flexibility index (Phi) is 4.26. The van der Waals surface area contributed by atoms with E-state index in [1.54, 1.807) is 0 Å². The lowest BCUT2D eigenvalue weighted by atomic mass is 10.1. The van der Waals surface area contributed by atoms with Gasteiger partial charge in [0.15, 0.2) is 0 Å². The molecule has 0 aliphatic carbocycles. The highest BCUT2D eigenvalue weighted by molar-refractivity contribution is 5.88. The first-order chi connectivity index (χ1) is 13.4. The summed E-state index contributed by atoms with van der Waals surface area (Å²) in [7, 11) is 0. The zero-order chi connectivity index (χ0) is 18.1. The van der Waals surface area contributed by atoms with Crippen molar-refractivity contribution in [3.05, 3.63) is 72.6 Å². The molecule has 4 heteroatoms. The Balaban J connectivity index is 1.47. The average molecular weight is 358 g/mol. The van der Waals surface area contributed by atoms with E-state index in [1.165, 1.54) is 5.39 Å². The fourth-order valence-corrected chi connectivity index (χ4v) is 3.90. The van der Waals surface area contributed by atoms with Crippen LogP contribution >= 0.6 is 0 Å². The fraction of sp³-hybridized carbons (Fsp3) is 0.261. The second kappa shape index (κ2) is 7.05. The van der Waals surface area contributed by atoms with E-state index in [0.29, 0.717) is 6.61 Å². The van der Waals surface area contributed by atoms with E-state index >= 15 is 0 Å². The van der Waals surface area contributed by atoms with Gasteiger partial charge in [0.1, 0.15) is 18.2 Å². The molecule has 0 radical (unpaired) electrons. The molecule has 3 aromatic carbocycles. The summed E-state index contributed by atoms with van der Waals surface area (Å²) in [6.45, 7) is 2.13. The van der Waals surface area contributed by atoms with E-state index in [1.807, 2.05) is 30.3 Å². The van der Waals surface area contributed by atoms with Gasteiger partial charge >= 0.3 is 0 Å². The lowest BCUT2D eigenvalue weighted by molar-refractivity contribution is 0.0963. The third-order valence-corrected chi connectivity index (χ3v) is 5.25. The molecule has 5 rings (SSSR count). The van der Waals surface area contributed by atoms with Gasteiger partial charge in [0, 0.05) is 12.0 Å². The molecular formula is C23H22N2O2. The van der Waals surface area contributed by atoms with Gasteiger partial charge in [0.05, 0.1) is 23.7 Å². The molecule has 1 unspecified atom stereocenters. The highest BCUT2D eigenvalue weighted by Crippen LogP contribution is 2.27.